The van der Waals surface area contributed by atoms with Crippen molar-refractivity contribution in [2.75, 3.05) is 0 Å². The van der Waals surface area contributed by atoms with Crippen molar-refractivity contribution < 1.29 is 0 Å². The van der Waals surface area contributed by atoms with Crippen molar-refractivity contribution >= 4 is 32.3 Å². The van der Waals surface area contributed by atoms with Crippen molar-refractivity contribution in [3.8, 4) is 67.3 Å². The van der Waals surface area contributed by atoms with E-state index in [0.29, 0.717) is 5.82 Å². The number of nitrogens with zero attached hydrogens (tertiary/aromatic N) is 2. The van der Waals surface area contributed by atoms with Crippen LogP contribution in [0.25, 0.3) is 99.6 Å². The summed E-state index contributed by atoms with van der Waals surface area (Å²) in [5.74, 6) is 0.701. The molecule has 1 heterocycles. The van der Waals surface area contributed by atoms with E-state index in [2.05, 4.69) is 202 Å². The maximum atomic E-state index is 5.34. The van der Waals surface area contributed by atoms with Gasteiger partial charge >= 0.3 is 0 Å². The Morgan fingerprint density at radius 3 is 1.77 bits per heavy atom. The van der Waals surface area contributed by atoms with Gasteiger partial charge < -0.3 is 0 Å². The third kappa shape index (κ3) is 5.40. The van der Waals surface area contributed by atoms with E-state index in [0.717, 1.165) is 33.6 Å². The summed E-state index contributed by atoms with van der Waals surface area (Å²) in [6, 6.07) is 70.2. The van der Waals surface area contributed by atoms with E-state index in [-0.39, 0.29) is 5.41 Å². The summed E-state index contributed by atoms with van der Waals surface area (Å²) in [7, 11) is 0. The van der Waals surface area contributed by atoms with Gasteiger partial charge in [0.05, 0.1) is 11.4 Å². The van der Waals surface area contributed by atoms with Gasteiger partial charge in [-0.3, -0.25) is 0 Å². The maximum absolute atomic E-state index is 5.34. The lowest BCUT2D eigenvalue weighted by molar-refractivity contribution is 0.660. The highest BCUT2D eigenvalue weighted by molar-refractivity contribution is 6.20. The summed E-state index contributed by atoms with van der Waals surface area (Å²) in [5, 5.41) is 7.52. The highest BCUT2D eigenvalue weighted by Gasteiger charge is 2.35. The topological polar surface area (TPSA) is 25.8 Å². The van der Waals surface area contributed by atoms with Crippen molar-refractivity contribution in [2.24, 2.45) is 0 Å². The van der Waals surface area contributed by atoms with E-state index >= 15 is 0 Å². The van der Waals surface area contributed by atoms with Crippen molar-refractivity contribution in [1.29, 1.82) is 0 Å². The lowest BCUT2D eigenvalue weighted by atomic mass is 9.81. The van der Waals surface area contributed by atoms with Crippen LogP contribution in [0.1, 0.15) is 25.0 Å². The number of rotatable bonds is 5. The molecule has 0 aliphatic heterocycles. The van der Waals surface area contributed by atoms with Crippen LogP contribution < -0.4 is 0 Å². The van der Waals surface area contributed by atoms with Crippen LogP contribution >= 0.6 is 0 Å². The molecule has 0 fully saturated rings. The minimum absolute atomic E-state index is 0.0856. The molecule has 0 spiro atoms. The summed E-state index contributed by atoms with van der Waals surface area (Å²) in [6.45, 7) is 4.68. The van der Waals surface area contributed by atoms with Crippen molar-refractivity contribution in [3.63, 3.8) is 0 Å². The Labute approximate surface area is 332 Å². The SMILES string of the molecule is CC1(C)c2ccccc2-c2ccc(-c3ccccc3-c3cc(-c4ccccc4)nc(-c4ccc(-c5c6ccccc6cc6c5ccc5ccccc56)cc4)n3)cc21. The van der Waals surface area contributed by atoms with Crippen LogP contribution in [0.4, 0.5) is 0 Å². The average molecular weight is 727 g/mol. The Balaban J connectivity index is 1.05. The molecule has 268 valence electrons. The second kappa shape index (κ2) is 13.0. The number of fused-ring (bicyclic) bond motifs is 7. The van der Waals surface area contributed by atoms with E-state index in [9.17, 15) is 0 Å². The first-order valence-electron chi connectivity index (χ1n) is 19.7. The standard InChI is InChI=1S/C55H38N2/c1-55(2)49-23-13-12-21-44(49)45-30-29-40(33-50(45)55)42-19-10-11-22-46(42)52-34-51(36-15-4-3-5-16-36)56-54(57-52)38-26-24-37(25-27-38)53-43-20-9-7-17-39(43)32-48-41-18-8-6-14-35(41)28-31-47(48)53/h3-34H,1-2H3. The molecule has 0 unspecified atom stereocenters. The first-order valence-corrected chi connectivity index (χ1v) is 19.7. The van der Waals surface area contributed by atoms with Gasteiger partial charge in [-0.1, -0.05) is 190 Å². The summed E-state index contributed by atoms with van der Waals surface area (Å²) < 4.78 is 0. The molecule has 0 N–H and O–H groups in total. The van der Waals surface area contributed by atoms with Crippen LogP contribution in [0.5, 0.6) is 0 Å². The molecule has 0 amide bonds. The van der Waals surface area contributed by atoms with Gasteiger partial charge in [-0.2, -0.15) is 0 Å². The van der Waals surface area contributed by atoms with Crippen molar-refractivity contribution in [3.05, 3.63) is 205 Å². The van der Waals surface area contributed by atoms with Gasteiger partial charge in [0.2, 0.25) is 0 Å². The van der Waals surface area contributed by atoms with Crippen LogP contribution in [0.2, 0.25) is 0 Å². The first kappa shape index (κ1) is 33.2. The molecule has 0 saturated heterocycles. The van der Waals surface area contributed by atoms with Crippen LogP contribution in [0.3, 0.4) is 0 Å². The Kier molecular flexibility index (Phi) is 7.55. The number of benzene rings is 9. The summed E-state index contributed by atoms with van der Waals surface area (Å²) in [4.78, 5) is 10.6. The van der Waals surface area contributed by atoms with Crippen molar-refractivity contribution in [1.82, 2.24) is 9.97 Å². The lowest BCUT2D eigenvalue weighted by Gasteiger charge is -2.22. The second-order valence-corrected chi connectivity index (χ2v) is 15.7. The Morgan fingerprint density at radius 2 is 0.947 bits per heavy atom. The van der Waals surface area contributed by atoms with E-state index < -0.39 is 0 Å². The molecule has 0 radical (unpaired) electrons. The molecular formula is C55H38N2. The molecule has 1 aliphatic rings. The van der Waals surface area contributed by atoms with Gasteiger partial charge in [0.25, 0.3) is 0 Å². The molecule has 2 nitrogen and oxygen atoms in total. The summed E-state index contributed by atoms with van der Waals surface area (Å²) in [6.07, 6.45) is 0. The predicted octanol–water partition coefficient (Wildman–Crippen LogP) is 14.6. The van der Waals surface area contributed by atoms with Gasteiger partial charge in [-0.05, 0) is 95.0 Å². The van der Waals surface area contributed by atoms with Gasteiger partial charge in [0.1, 0.15) is 0 Å². The van der Waals surface area contributed by atoms with Gasteiger partial charge in [-0.25, -0.2) is 9.97 Å². The fourth-order valence-corrected chi connectivity index (χ4v) is 9.22. The van der Waals surface area contributed by atoms with Gasteiger partial charge in [0.15, 0.2) is 5.82 Å². The maximum Gasteiger partial charge on any atom is 0.160 e. The third-order valence-electron chi connectivity index (χ3n) is 12.1. The number of hydrogen-bond acceptors (Lipinski definition) is 2. The van der Waals surface area contributed by atoms with E-state index in [1.807, 2.05) is 6.07 Å². The molecule has 0 atom stereocenters. The zero-order chi connectivity index (χ0) is 38.1. The fourth-order valence-electron chi connectivity index (χ4n) is 9.22. The quantitative estimate of drug-likeness (QED) is 0.130. The molecule has 10 aromatic rings. The van der Waals surface area contributed by atoms with E-state index in [4.69, 9.17) is 9.97 Å². The van der Waals surface area contributed by atoms with Crippen LogP contribution in [-0.4, -0.2) is 9.97 Å². The van der Waals surface area contributed by atoms with Crippen LogP contribution in [-0.2, 0) is 5.41 Å². The normalized spacial score (nSPS) is 12.9. The zero-order valence-electron chi connectivity index (χ0n) is 31.9. The molecule has 57 heavy (non-hydrogen) atoms. The minimum Gasteiger partial charge on any atom is -0.228 e. The third-order valence-corrected chi connectivity index (χ3v) is 12.1. The number of aromatic nitrogens is 2. The summed E-state index contributed by atoms with van der Waals surface area (Å²) in [5.41, 5.74) is 15.0. The van der Waals surface area contributed by atoms with Gasteiger partial charge in [0, 0.05) is 22.1 Å². The largest absolute Gasteiger partial charge is 0.228 e. The predicted molar refractivity (Wildman–Crippen MR) is 239 cm³/mol. The van der Waals surface area contributed by atoms with Crippen LogP contribution in [0.15, 0.2) is 194 Å². The molecular weight excluding hydrogens is 689 g/mol. The molecule has 1 aliphatic carbocycles. The van der Waals surface area contributed by atoms with Crippen molar-refractivity contribution in [2.45, 2.75) is 19.3 Å². The molecule has 1 aromatic heterocycles. The average Bonchev–Trinajstić information content (AvgIpc) is 3.51. The fraction of sp³-hybridized carbons (Fsp3) is 0.0545. The molecule has 2 heteroatoms. The Hall–Kier alpha value is -7.16. The molecule has 0 bridgehead atoms. The molecule has 9 aromatic carbocycles. The zero-order valence-corrected chi connectivity index (χ0v) is 31.9. The smallest absolute Gasteiger partial charge is 0.160 e. The first-order chi connectivity index (χ1) is 28.0. The number of hydrogen-bond donors (Lipinski definition) is 0. The van der Waals surface area contributed by atoms with Crippen LogP contribution in [0, 0.1) is 0 Å². The lowest BCUT2D eigenvalue weighted by Crippen LogP contribution is -2.14. The second-order valence-electron chi connectivity index (χ2n) is 15.7. The van der Waals surface area contributed by atoms with E-state index in [1.165, 1.54) is 71.3 Å². The Morgan fingerprint density at radius 1 is 0.333 bits per heavy atom. The molecule has 11 rings (SSSR count). The highest BCUT2D eigenvalue weighted by atomic mass is 14.9. The Bertz CT molecular complexity index is 3190. The van der Waals surface area contributed by atoms with Gasteiger partial charge in [-0.15, -0.1) is 0 Å². The minimum atomic E-state index is -0.0856. The highest BCUT2D eigenvalue weighted by Crippen LogP contribution is 2.50. The molecule has 0 saturated carbocycles. The summed E-state index contributed by atoms with van der Waals surface area (Å²) >= 11 is 0. The monoisotopic (exact) mass is 726 g/mol. The van der Waals surface area contributed by atoms with E-state index in [1.54, 1.807) is 0 Å².